The van der Waals surface area contributed by atoms with Crippen LogP contribution in [-0.4, -0.2) is 35.9 Å². The van der Waals surface area contributed by atoms with Crippen LogP contribution in [0, 0.1) is 5.92 Å². The third kappa shape index (κ3) is 3.86. The molecular formula is C15H23N3O3. The lowest BCUT2D eigenvalue weighted by atomic mass is 10.1. The molecule has 1 aromatic rings. The van der Waals surface area contributed by atoms with Crippen molar-refractivity contribution in [2.75, 3.05) is 13.7 Å². The van der Waals surface area contributed by atoms with Crippen molar-refractivity contribution in [3.05, 3.63) is 29.3 Å². The van der Waals surface area contributed by atoms with Crippen LogP contribution in [0.3, 0.4) is 0 Å². The topological polar surface area (TPSA) is 100 Å². The van der Waals surface area contributed by atoms with Crippen LogP contribution in [0.2, 0.25) is 0 Å². The monoisotopic (exact) mass is 293 g/mol. The van der Waals surface area contributed by atoms with E-state index in [2.05, 4.69) is 10.5 Å². The van der Waals surface area contributed by atoms with Gasteiger partial charge in [0.05, 0.1) is 18.8 Å². The number of oxime groups is 1. The predicted molar refractivity (Wildman–Crippen MR) is 80.6 cm³/mol. The fourth-order valence-electron chi connectivity index (χ4n) is 2.78. The summed E-state index contributed by atoms with van der Waals surface area (Å²) in [7, 11) is 1.54. The summed E-state index contributed by atoms with van der Waals surface area (Å²) >= 11 is 0. The third-order valence-corrected chi connectivity index (χ3v) is 4.00. The van der Waals surface area contributed by atoms with E-state index in [-0.39, 0.29) is 11.9 Å². The molecule has 0 aromatic heterocycles. The molecule has 5 N–H and O–H groups in total. The molecule has 21 heavy (non-hydrogen) atoms. The van der Waals surface area contributed by atoms with Crippen LogP contribution in [0.4, 0.5) is 0 Å². The summed E-state index contributed by atoms with van der Waals surface area (Å²) in [5.74, 6) is 0.937. The number of hydrogen-bond acceptors (Lipinski definition) is 5. The molecule has 0 radical (unpaired) electrons. The van der Waals surface area contributed by atoms with E-state index in [1.165, 1.54) is 0 Å². The van der Waals surface area contributed by atoms with Gasteiger partial charge in [0.2, 0.25) is 0 Å². The van der Waals surface area contributed by atoms with Crippen molar-refractivity contribution >= 4 is 5.84 Å². The zero-order valence-corrected chi connectivity index (χ0v) is 12.2. The van der Waals surface area contributed by atoms with Gasteiger partial charge in [-0.25, -0.2) is 0 Å². The van der Waals surface area contributed by atoms with E-state index in [1.54, 1.807) is 13.2 Å². The molecule has 6 heteroatoms. The molecule has 116 valence electrons. The van der Waals surface area contributed by atoms with Gasteiger partial charge in [-0.2, -0.15) is 0 Å². The molecule has 2 atom stereocenters. The van der Waals surface area contributed by atoms with Gasteiger partial charge in [0, 0.05) is 13.1 Å². The van der Waals surface area contributed by atoms with E-state index in [4.69, 9.17) is 15.7 Å². The summed E-state index contributed by atoms with van der Waals surface area (Å²) in [5.41, 5.74) is 7.24. The highest BCUT2D eigenvalue weighted by molar-refractivity contribution is 5.99. The zero-order chi connectivity index (χ0) is 15.2. The summed E-state index contributed by atoms with van der Waals surface area (Å²) in [6.45, 7) is 1.46. The molecule has 1 aliphatic rings. The average Bonchev–Trinajstić information content (AvgIpc) is 2.91. The first-order valence-electron chi connectivity index (χ1n) is 7.19. The van der Waals surface area contributed by atoms with Crippen molar-refractivity contribution in [1.82, 2.24) is 5.32 Å². The number of nitrogens with one attached hydrogen (secondary N) is 1. The Bertz CT molecular complexity index is 505. The number of hydrogen-bond donors (Lipinski definition) is 4. The summed E-state index contributed by atoms with van der Waals surface area (Å²) in [5, 5.41) is 25.0. The number of methoxy groups -OCH3 is 1. The second-order valence-corrected chi connectivity index (χ2v) is 5.41. The normalized spacial score (nSPS) is 22.5. The van der Waals surface area contributed by atoms with Crippen molar-refractivity contribution in [2.24, 2.45) is 16.8 Å². The Labute approximate surface area is 124 Å². The number of ether oxygens (including phenoxy) is 1. The van der Waals surface area contributed by atoms with Gasteiger partial charge in [0.1, 0.15) is 5.75 Å². The average molecular weight is 293 g/mol. The van der Waals surface area contributed by atoms with Crippen molar-refractivity contribution in [3.63, 3.8) is 0 Å². The highest BCUT2D eigenvalue weighted by atomic mass is 16.5. The molecule has 0 spiro atoms. The van der Waals surface area contributed by atoms with Crippen molar-refractivity contribution in [3.8, 4) is 5.75 Å². The number of aliphatic hydroxyl groups is 1. The number of rotatable bonds is 6. The van der Waals surface area contributed by atoms with Gasteiger partial charge < -0.3 is 26.1 Å². The van der Waals surface area contributed by atoms with E-state index in [0.717, 1.165) is 31.4 Å². The van der Waals surface area contributed by atoms with E-state index in [9.17, 15) is 5.11 Å². The maximum atomic E-state index is 9.79. The van der Waals surface area contributed by atoms with Crippen LogP contribution in [0.1, 0.15) is 30.4 Å². The molecule has 0 saturated heterocycles. The van der Waals surface area contributed by atoms with Gasteiger partial charge in [-0.15, -0.1) is 0 Å². The smallest absolute Gasteiger partial charge is 0.173 e. The minimum absolute atomic E-state index is 0.0277. The van der Waals surface area contributed by atoms with Gasteiger partial charge in [-0.05, 0) is 36.5 Å². The Morgan fingerprint density at radius 2 is 2.29 bits per heavy atom. The Balaban J connectivity index is 1.97. The summed E-state index contributed by atoms with van der Waals surface area (Å²) in [6.07, 6.45) is 2.90. The highest BCUT2D eigenvalue weighted by Gasteiger charge is 2.24. The van der Waals surface area contributed by atoms with E-state index >= 15 is 0 Å². The number of nitrogens with two attached hydrogens (primary N) is 1. The van der Waals surface area contributed by atoms with Gasteiger partial charge in [-0.3, -0.25) is 0 Å². The number of amidine groups is 1. The summed E-state index contributed by atoms with van der Waals surface area (Å²) in [4.78, 5) is 0. The zero-order valence-electron chi connectivity index (χ0n) is 12.2. The first-order valence-corrected chi connectivity index (χ1v) is 7.19. The summed E-state index contributed by atoms with van der Waals surface area (Å²) in [6, 6.07) is 5.58. The van der Waals surface area contributed by atoms with Crippen LogP contribution in [0.25, 0.3) is 0 Å². The standard InChI is InChI=1S/C15H23N3O3/c1-21-14-6-5-10(7-12(14)15(16)18-20)8-17-9-11-3-2-4-13(11)19/h5-7,11,13,17,19-20H,2-4,8-9H2,1H3,(H2,16,18). The maximum absolute atomic E-state index is 9.79. The Morgan fingerprint density at radius 3 is 2.90 bits per heavy atom. The second kappa shape index (κ2) is 7.28. The minimum atomic E-state index is -0.180. The molecule has 0 heterocycles. The molecule has 2 rings (SSSR count). The van der Waals surface area contributed by atoms with Crippen molar-refractivity contribution in [1.29, 1.82) is 0 Å². The molecular weight excluding hydrogens is 270 g/mol. The number of benzene rings is 1. The van der Waals surface area contributed by atoms with Crippen molar-refractivity contribution < 1.29 is 15.1 Å². The lowest BCUT2D eigenvalue weighted by molar-refractivity contribution is 0.131. The molecule has 0 bridgehead atoms. The van der Waals surface area contributed by atoms with Crippen LogP contribution < -0.4 is 15.8 Å². The Morgan fingerprint density at radius 1 is 1.48 bits per heavy atom. The lowest BCUT2D eigenvalue weighted by Crippen LogP contribution is -2.27. The first-order chi connectivity index (χ1) is 10.2. The molecule has 1 aromatic carbocycles. The van der Waals surface area contributed by atoms with Gasteiger partial charge in [0.25, 0.3) is 0 Å². The number of nitrogens with zero attached hydrogens (tertiary/aromatic N) is 1. The van der Waals surface area contributed by atoms with Gasteiger partial charge >= 0.3 is 0 Å². The van der Waals surface area contributed by atoms with E-state index in [1.807, 2.05) is 12.1 Å². The second-order valence-electron chi connectivity index (χ2n) is 5.41. The third-order valence-electron chi connectivity index (χ3n) is 4.00. The maximum Gasteiger partial charge on any atom is 0.173 e. The lowest BCUT2D eigenvalue weighted by Gasteiger charge is -2.15. The molecule has 1 saturated carbocycles. The van der Waals surface area contributed by atoms with Gasteiger partial charge in [-0.1, -0.05) is 17.6 Å². The van der Waals surface area contributed by atoms with Crippen LogP contribution >= 0.6 is 0 Å². The SMILES string of the molecule is COc1ccc(CNCC2CCCC2O)cc1C(N)=NO. The molecule has 0 aliphatic heterocycles. The fraction of sp³-hybridized carbons (Fsp3) is 0.533. The molecule has 2 unspecified atom stereocenters. The van der Waals surface area contributed by atoms with E-state index in [0.29, 0.717) is 23.8 Å². The Kier molecular flexibility index (Phi) is 5.41. The quantitative estimate of drug-likeness (QED) is 0.272. The fourth-order valence-corrected chi connectivity index (χ4v) is 2.78. The minimum Gasteiger partial charge on any atom is -0.496 e. The summed E-state index contributed by atoms with van der Waals surface area (Å²) < 4.78 is 5.20. The predicted octanol–water partition coefficient (Wildman–Crippen LogP) is 1.04. The van der Waals surface area contributed by atoms with E-state index < -0.39 is 0 Å². The van der Waals surface area contributed by atoms with Crippen LogP contribution in [0.15, 0.2) is 23.4 Å². The molecule has 6 nitrogen and oxygen atoms in total. The number of aliphatic hydroxyl groups excluding tert-OH is 1. The van der Waals surface area contributed by atoms with Crippen LogP contribution in [0.5, 0.6) is 5.75 Å². The molecule has 1 fully saturated rings. The molecule has 1 aliphatic carbocycles. The van der Waals surface area contributed by atoms with Crippen LogP contribution in [-0.2, 0) is 6.54 Å². The Hall–Kier alpha value is -1.79. The highest BCUT2D eigenvalue weighted by Crippen LogP contribution is 2.25. The largest absolute Gasteiger partial charge is 0.496 e. The van der Waals surface area contributed by atoms with Crippen molar-refractivity contribution in [2.45, 2.75) is 31.9 Å². The van der Waals surface area contributed by atoms with Gasteiger partial charge in [0.15, 0.2) is 5.84 Å². The molecule has 0 amide bonds. The first kappa shape index (κ1) is 15.6.